The van der Waals surface area contributed by atoms with E-state index >= 15 is 0 Å². The van der Waals surface area contributed by atoms with Crippen molar-refractivity contribution >= 4 is 5.97 Å². The molecule has 0 fully saturated rings. The van der Waals surface area contributed by atoms with Crippen LogP contribution in [0.1, 0.15) is 43.9 Å². The van der Waals surface area contributed by atoms with E-state index in [9.17, 15) is 4.79 Å². The molecule has 0 saturated carbocycles. The zero-order valence-corrected chi connectivity index (χ0v) is 10.6. The van der Waals surface area contributed by atoms with Crippen molar-refractivity contribution < 1.29 is 9.53 Å². The Morgan fingerprint density at radius 2 is 2.12 bits per heavy atom. The summed E-state index contributed by atoms with van der Waals surface area (Å²) >= 11 is 0. The molecule has 0 radical (unpaired) electrons. The minimum atomic E-state index is -0.352. The predicted molar refractivity (Wildman–Crippen MR) is 69.8 cm³/mol. The number of hydrogen-bond donors (Lipinski definition) is 0. The van der Waals surface area contributed by atoms with E-state index in [1.807, 2.05) is 18.2 Å². The summed E-state index contributed by atoms with van der Waals surface area (Å²) in [5.41, 5.74) is 2.36. The maximum Gasteiger partial charge on any atom is 0.330 e. The molecular weight excluding hydrogens is 212 g/mol. The van der Waals surface area contributed by atoms with Crippen LogP contribution >= 0.6 is 0 Å². The van der Waals surface area contributed by atoms with Gasteiger partial charge >= 0.3 is 5.97 Å². The second-order valence-corrected chi connectivity index (χ2v) is 3.97. The fraction of sp³-hybridized carbons (Fsp3) is 0.400. The number of carbonyl (C=O) groups is 1. The third kappa shape index (κ3) is 3.74. The SMILES string of the molecule is C=CC(=O)OC(CCC)c1ccccc1CC. The molecule has 2 heteroatoms. The Morgan fingerprint density at radius 1 is 1.41 bits per heavy atom. The Morgan fingerprint density at radius 3 is 2.71 bits per heavy atom. The lowest BCUT2D eigenvalue weighted by Crippen LogP contribution is -2.11. The van der Waals surface area contributed by atoms with Crippen LogP contribution in [0.15, 0.2) is 36.9 Å². The zero-order chi connectivity index (χ0) is 12.7. The molecule has 1 aromatic rings. The summed E-state index contributed by atoms with van der Waals surface area (Å²) in [5.74, 6) is -0.352. The van der Waals surface area contributed by atoms with Crippen LogP contribution in [0.5, 0.6) is 0 Å². The first-order valence-corrected chi connectivity index (χ1v) is 6.13. The summed E-state index contributed by atoms with van der Waals surface area (Å²) in [6.07, 6.45) is 3.84. The Kier molecular flexibility index (Phi) is 5.47. The molecule has 0 N–H and O–H groups in total. The second-order valence-electron chi connectivity index (χ2n) is 3.97. The Bertz CT molecular complexity index is 382. The summed E-state index contributed by atoms with van der Waals surface area (Å²) in [7, 11) is 0. The maximum atomic E-state index is 11.3. The van der Waals surface area contributed by atoms with Crippen LogP contribution in [-0.4, -0.2) is 5.97 Å². The molecule has 17 heavy (non-hydrogen) atoms. The monoisotopic (exact) mass is 232 g/mol. The molecule has 0 aliphatic heterocycles. The van der Waals surface area contributed by atoms with Gasteiger partial charge in [-0.25, -0.2) is 4.79 Å². The first-order valence-electron chi connectivity index (χ1n) is 6.13. The predicted octanol–water partition coefficient (Wildman–Crippen LogP) is 3.82. The summed E-state index contributed by atoms with van der Waals surface area (Å²) in [6.45, 7) is 7.63. The summed E-state index contributed by atoms with van der Waals surface area (Å²) in [6, 6.07) is 8.12. The van der Waals surface area contributed by atoms with Gasteiger partial charge in [0, 0.05) is 6.08 Å². The van der Waals surface area contributed by atoms with E-state index in [0.29, 0.717) is 0 Å². The maximum absolute atomic E-state index is 11.3. The van der Waals surface area contributed by atoms with Gasteiger partial charge in [0.15, 0.2) is 0 Å². The molecule has 0 aromatic heterocycles. The van der Waals surface area contributed by atoms with Crippen LogP contribution in [0, 0.1) is 0 Å². The second kappa shape index (κ2) is 6.89. The summed E-state index contributed by atoms with van der Waals surface area (Å²) < 4.78 is 5.41. The number of rotatable bonds is 6. The van der Waals surface area contributed by atoms with Gasteiger partial charge < -0.3 is 4.74 Å². The van der Waals surface area contributed by atoms with Crippen LogP contribution in [0.2, 0.25) is 0 Å². The van der Waals surface area contributed by atoms with Crippen molar-refractivity contribution in [1.82, 2.24) is 0 Å². The van der Waals surface area contributed by atoms with Crippen molar-refractivity contribution in [2.75, 3.05) is 0 Å². The summed E-state index contributed by atoms with van der Waals surface area (Å²) in [4.78, 5) is 11.3. The fourth-order valence-corrected chi connectivity index (χ4v) is 1.90. The molecule has 1 aromatic carbocycles. The first kappa shape index (κ1) is 13.5. The van der Waals surface area contributed by atoms with Gasteiger partial charge in [0.1, 0.15) is 6.10 Å². The van der Waals surface area contributed by atoms with Gasteiger partial charge in [0.2, 0.25) is 0 Å². The number of esters is 1. The van der Waals surface area contributed by atoms with Crippen LogP contribution in [-0.2, 0) is 16.0 Å². The van der Waals surface area contributed by atoms with Gasteiger partial charge in [-0.3, -0.25) is 0 Å². The van der Waals surface area contributed by atoms with E-state index < -0.39 is 0 Å². The third-order valence-corrected chi connectivity index (χ3v) is 2.76. The van der Waals surface area contributed by atoms with Crippen molar-refractivity contribution in [3.63, 3.8) is 0 Å². The van der Waals surface area contributed by atoms with Crippen LogP contribution in [0.25, 0.3) is 0 Å². The van der Waals surface area contributed by atoms with Crippen molar-refractivity contribution in [3.05, 3.63) is 48.0 Å². The molecule has 1 atom stereocenters. The van der Waals surface area contributed by atoms with E-state index in [2.05, 4.69) is 26.5 Å². The average molecular weight is 232 g/mol. The molecule has 92 valence electrons. The van der Waals surface area contributed by atoms with E-state index in [4.69, 9.17) is 4.74 Å². The van der Waals surface area contributed by atoms with Crippen LogP contribution < -0.4 is 0 Å². The molecule has 0 heterocycles. The Labute approximate surface area is 103 Å². The van der Waals surface area contributed by atoms with Crippen molar-refractivity contribution in [1.29, 1.82) is 0 Å². The molecule has 0 spiro atoms. The molecule has 0 aliphatic carbocycles. The number of ether oxygens (including phenoxy) is 1. The quantitative estimate of drug-likeness (QED) is 0.550. The van der Waals surface area contributed by atoms with E-state index in [0.717, 1.165) is 24.8 Å². The highest BCUT2D eigenvalue weighted by atomic mass is 16.5. The van der Waals surface area contributed by atoms with Gasteiger partial charge in [-0.1, -0.05) is 51.1 Å². The third-order valence-electron chi connectivity index (χ3n) is 2.76. The van der Waals surface area contributed by atoms with Gasteiger partial charge in [0.25, 0.3) is 0 Å². The van der Waals surface area contributed by atoms with Crippen LogP contribution in [0.4, 0.5) is 0 Å². The van der Waals surface area contributed by atoms with E-state index in [-0.39, 0.29) is 12.1 Å². The average Bonchev–Trinajstić information content (AvgIpc) is 2.38. The Balaban J connectivity index is 2.95. The molecule has 0 aliphatic rings. The molecule has 0 bridgehead atoms. The minimum absolute atomic E-state index is 0.151. The standard InChI is InChI=1S/C15H20O2/c1-4-9-14(17-15(16)6-3)13-11-8-7-10-12(13)5-2/h6-8,10-11,14H,3-5,9H2,1-2H3. The molecular formula is C15H20O2. The number of hydrogen-bond acceptors (Lipinski definition) is 2. The van der Waals surface area contributed by atoms with Crippen LogP contribution in [0.3, 0.4) is 0 Å². The molecule has 2 nitrogen and oxygen atoms in total. The van der Waals surface area contributed by atoms with Gasteiger partial charge in [-0.05, 0) is 24.0 Å². The van der Waals surface area contributed by atoms with Crippen molar-refractivity contribution in [2.24, 2.45) is 0 Å². The highest BCUT2D eigenvalue weighted by Crippen LogP contribution is 2.26. The fourth-order valence-electron chi connectivity index (χ4n) is 1.90. The number of carbonyl (C=O) groups excluding carboxylic acids is 1. The molecule has 1 rings (SSSR count). The summed E-state index contributed by atoms with van der Waals surface area (Å²) in [5, 5.41) is 0. The topological polar surface area (TPSA) is 26.3 Å². The smallest absolute Gasteiger partial charge is 0.330 e. The zero-order valence-electron chi connectivity index (χ0n) is 10.6. The van der Waals surface area contributed by atoms with Gasteiger partial charge in [0.05, 0.1) is 0 Å². The van der Waals surface area contributed by atoms with Gasteiger partial charge in [-0.2, -0.15) is 0 Å². The lowest BCUT2D eigenvalue weighted by Gasteiger charge is -2.19. The minimum Gasteiger partial charge on any atom is -0.454 e. The van der Waals surface area contributed by atoms with Crippen molar-refractivity contribution in [3.8, 4) is 0 Å². The number of aryl methyl sites for hydroxylation is 1. The van der Waals surface area contributed by atoms with E-state index in [1.54, 1.807) is 0 Å². The Hall–Kier alpha value is -1.57. The van der Waals surface area contributed by atoms with E-state index in [1.165, 1.54) is 11.6 Å². The largest absolute Gasteiger partial charge is 0.454 e. The lowest BCUT2D eigenvalue weighted by atomic mass is 9.97. The lowest BCUT2D eigenvalue weighted by molar-refractivity contribution is -0.143. The molecule has 0 amide bonds. The first-order chi connectivity index (χ1) is 8.22. The van der Waals surface area contributed by atoms with Crippen molar-refractivity contribution in [2.45, 2.75) is 39.2 Å². The number of benzene rings is 1. The highest BCUT2D eigenvalue weighted by Gasteiger charge is 2.16. The normalized spacial score (nSPS) is 11.9. The van der Waals surface area contributed by atoms with Gasteiger partial charge in [-0.15, -0.1) is 0 Å². The molecule has 0 saturated heterocycles. The highest BCUT2D eigenvalue weighted by molar-refractivity contribution is 5.81. The molecule has 1 unspecified atom stereocenters.